The van der Waals surface area contributed by atoms with E-state index in [0.717, 1.165) is 22.6 Å². The van der Waals surface area contributed by atoms with Gasteiger partial charge < -0.3 is 27.8 Å². The molecule has 0 radical (unpaired) electrons. The maximum absolute atomic E-state index is 12.8. The fraction of sp³-hybridized carbons (Fsp3) is 0.442. The molecule has 342 valence electrons. The minimum Gasteiger partial charge on any atom is -0.748 e. The zero-order chi connectivity index (χ0) is 46.5. The molecule has 22 heteroatoms. The SMILES string of the molecule is CC[N+](CCCS(=O)(=O)[O-])=c1ccc2c(C(C)(C)C)cc(C=CC=CC=C3N(CCCS(=O)(=O)[O-])c4ccc(S(=O)(=O)[O-])cc4C3(C)CCCC(=O)ON3C(=O)CCC3=O)oc-2c1.[Na+].[Na+]. The molecule has 1 saturated heterocycles. The van der Waals surface area contributed by atoms with Crippen molar-refractivity contribution in [3.63, 3.8) is 0 Å². The maximum atomic E-state index is 12.8. The predicted octanol–water partition coefficient (Wildman–Crippen LogP) is -1.73. The Kier molecular flexibility index (Phi) is 19.8. The largest absolute Gasteiger partial charge is 1.00 e. The molecular weight excluding hydrogens is 925 g/mol. The minimum absolute atomic E-state index is 0. The number of amides is 2. The Morgan fingerprint density at radius 1 is 0.877 bits per heavy atom. The van der Waals surface area contributed by atoms with Crippen molar-refractivity contribution in [1.82, 2.24) is 9.64 Å². The van der Waals surface area contributed by atoms with E-state index in [0.29, 0.717) is 46.6 Å². The van der Waals surface area contributed by atoms with Crippen LogP contribution in [0.15, 0.2) is 81.8 Å². The fourth-order valence-electron chi connectivity index (χ4n) is 7.84. The number of benzene rings is 2. The summed E-state index contributed by atoms with van der Waals surface area (Å²) in [6.45, 7) is 10.8. The third-order valence-corrected chi connectivity index (χ3v) is 13.3. The number of rotatable bonds is 18. The van der Waals surface area contributed by atoms with Crippen molar-refractivity contribution in [2.24, 2.45) is 0 Å². The summed E-state index contributed by atoms with van der Waals surface area (Å²) in [6.07, 6.45) is 8.56. The van der Waals surface area contributed by atoms with E-state index in [2.05, 4.69) is 20.8 Å². The van der Waals surface area contributed by atoms with E-state index in [-0.39, 0.29) is 116 Å². The van der Waals surface area contributed by atoms with Crippen LogP contribution in [0.3, 0.4) is 0 Å². The molecule has 1 unspecified atom stereocenters. The van der Waals surface area contributed by atoms with Gasteiger partial charge in [-0.2, -0.15) is 0 Å². The number of anilines is 1. The van der Waals surface area contributed by atoms with Gasteiger partial charge in [-0.05, 0) is 92.1 Å². The van der Waals surface area contributed by atoms with Gasteiger partial charge in [0.05, 0.1) is 31.2 Å². The molecule has 1 atom stereocenters. The van der Waals surface area contributed by atoms with Gasteiger partial charge in [-0.1, -0.05) is 39.0 Å². The van der Waals surface area contributed by atoms with Crippen LogP contribution in [0.5, 0.6) is 0 Å². The second-order valence-corrected chi connectivity index (χ2v) is 21.0. The molecule has 0 spiro atoms. The zero-order valence-electron chi connectivity index (χ0n) is 37.7. The predicted molar refractivity (Wildman–Crippen MR) is 229 cm³/mol. The molecule has 5 rings (SSSR count). The maximum Gasteiger partial charge on any atom is 1.00 e. The summed E-state index contributed by atoms with van der Waals surface area (Å²) in [7, 11) is -13.8. The van der Waals surface area contributed by atoms with E-state index in [1.165, 1.54) is 12.1 Å². The average Bonchev–Trinajstić information content (AvgIpc) is 3.61. The van der Waals surface area contributed by atoms with Crippen LogP contribution < -0.4 is 73.9 Å². The van der Waals surface area contributed by atoms with Gasteiger partial charge in [-0.15, -0.1) is 5.06 Å². The van der Waals surface area contributed by atoms with Crippen LogP contribution >= 0.6 is 0 Å². The van der Waals surface area contributed by atoms with E-state index in [1.807, 2.05) is 35.8 Å². The van der Waals surface area contributed by atoms with Crippen LogP contribution in [0.25, 0.3) is 17.4 Å². The Balaban J connectivity index is 0.00000561. The molecule has 0 saturated carbocycles. The molecule has 3 aliphatic heterocycles. The van der Waals surface area contributed by atoms with Crippen molar-refractivity contribution in [2.75, 3.05) is 36.0 Å². The van der Waals surface area contributed by atoms with Crippen molar-refractivity contribution in [3.05, 3.63) is 94.7 Å². The van der Waals surface area contributed by atoms with Gasteiger partial charge in [0.25, 0.3) is 11.8 Å². The van der Waals surface area contributed by atoms with Crippen molar-refractivity contribution in [2.45, 2.75) is 95.3 Å². The summed E-state index contributed by atoms with van der Waals surface area (Å²) in [5, 5.41) is 1.23. The van der Waals surface area contributed by atoms with Gasteiger partial charge in [0.1, 0.15) is 34.7 Å². The number of allylic oxidation sites excluding steroid dienone is 5. The quantitative estimate of drug-likeness (QED) is 0.0451. The van der Waals surface area contributed by atoms with E-state index in [4.69, 9.17) is 9.25 Å². The summed E-state index contributed by atoms with van der Waals surface area (Å²) < 4.78 is 113. The fourth-order valence-corrected chi connectivity index (χ4v) is 9.30. The van der Waals surface area contributed by atoms with E-state index < -0.39 is 70.0 Å². The Labute approximate surface area is 424 Å². The molecule has 17 nitrogen and oxygen atoms in total. The van der Waals surface area contributed by atoms with E-state index in [1.54, 1.807) is 42.2 Å². The molecule has 0 bridgehead atoms. The van der Waals surface area contributed by atoms with Crippen LogP contribution in [0, 0.1) is 0 Å². The van der Waals surface area contributed by atoms with Crippen molar-refractivity contribution in [1.29, 1.82) is 0 Å². The van der Waals surface area contributed by atoms with Crippen LogP contribution in [0.1, 0.15) is 96.5 Å². The number of hydrogen-bond donors (Lipinski definition) is 0. The number of imide groups is 1. The summed E-state index contributed by atoms with van der Waals surface area (Å²) >= 11 is 0. The Bertz CT molecular complexity index is 2730. The third kappa shape index (κ3) is 15.0. The van der Waals surface area contributed by atoms with Crippen LogP contribution in [0.2, 0.25) is 0 Å². The molecule has 1 aromatic carbocycles. The normalized spacial score (nSPS) is 18.1. The van der Waals surface area contributed by atoms with Gasteiger partial charge in [0.15, 0.2) is 0 Å². The summed E-state index contributed by atoms with van der Waals surface area (Å²) in [5.41, 5.74) is 1.89. The first-order chi connectivity index (χ1) is 29.3. The second kappa shape index (κ2) is 22.9. The molecule has 0 aromatic heterocycles. The van der Waals surface area contributed by atoms with Gasteiger partial charge in [0, 0.05) is 72.2 Å². The molecule has 65 heavy (non-hydrogen) atoms. The number of carbonyl (C=O) groups is 3. The number of nitrogens with zero attached hydrogens (tertiary/aromatic N) is 3. The number of carbonyl (C=O) groups excluding carboxylic acids is 3. The van der Waals surface area contributed by atoms with Crippen LogP contribution in [-0.4, -0.2) is 92.9 Å². The van der Waals surface area contributed by atoms with Crippen molar-refractivity contribution >= 4 is 59.9 Å². The van der Waals surface area contributed by atoms with E-state index in [9.17, 15) is 53.3 Å². The van der Waals surface area contributed by atoms with E-state index >= 15 is 0 Å². The number of fused-ring (bicyclic) bond motifs is 2. The first kappa shape index (κ1) is 56.3. The summed E-state index contributed by atoms with van der Waals surface area (Å²) in [4.78, 5) is 43.0. The Hall–Kier alpha value is -2.99. The molecule has 1 aliphatic carbocycles. The van der Waals surface area contributed by atoms with Crippen molar-refractivity contribution in [3.8, 4) is 11.3 Å². The van der Waals surface area contributed by atoms with Crippen LogP contribution in [0.4, 0.5) is 5.69 Å². The third-order valence-electron chi connectivity index (χ3n) is 10.9. The molecule has 1 fully saturated rings. The van der Waals surface area contributed by atoms with Crippen LogP contribution in [-0.2, 0) is 60.4 Å². The topological polar surface area (TPSA) is 255 Å². The molecule has 1 aromatic rings. The van der Waals surface area contributed by atoms with Gasteiger partial charge >= 0.3 is 65.1 Å². The molecule has 2 amide bonds. The Morgan fingerprint density at radius 2 is 1.52 bits per heavy atom. The molecular formula is C43H51N3Na2O14S3. The number of hydrogen-bond acceptors (Lipinski definition) is 15. The first-order valence-corrected chi connectivity index (χ1v) is 24.9. The zero-order valence-corrected chi connectivity index (χ0v) is 44.1. The number of hydroxylamine groups is 2. The van der Waals surface area contributed by atoms with Gasteiger partial charge in [-0.3, -0.25) is 9.59 Å². The standard InChI is InChI=1S/C43H53N3O14S3.2Na/c1-6-44(23-11-25-61(50,51)52)30-16-18-33-34(42(2,3)4)28-31(59-37(33)27-30)13-8-7-9-14-38-43(5,22-10-15-41(49)60-46-39(47)20-21-40(46)48)35-29-32(63(56,57)58)17-19-36(35)45(38)24-12-26-62(53,54)55;;/h7-9,13-14,16-19,27-29H,6,10-12,15,20-26H2,1-5H3,(H2-,50,51,52,53,54,55,56,57,58);;/q;2*+1/p-2. The second-order valence-electron chi connectivity index (χ2n) is 16.6. The summed E-state index contributed by atoms with van der Waals surface area (Å²) in [6, 6.07) is 11.5. The monoisotopic (exact) mass is 975 g/mol. The smallest absolute Gasteiger partial charge is 0.748 e. The summed E-state index contributed by atoms with van der Waals surface area (Å²) in [5.74, 6) is -2.17. The van der Waals surface area contributed by atoms with Gasteiger partial charge in [0.2, 0.25) is 5.36 Å². The molecule has 4 aliphatic rings. The molecule has 3 heterocycles. The van der Waals surface area contributed by atoms with Crippen molar-refractivity contribution < 1.29 is 122 Å². The average molecular weight is 976 g/mol. The first-order valence-electron chi connectivity index (χ1n) is 20.3. The Morgan fingerprint density at radius 3 is 2.12 bits per heavy atom. The minimum atomic E-state index is -4.91. The van der Waals surface area contributed by atoms with Gasteiger partial charge in [-0.25, -0.2) is 34.6 Å². The molecule has 0 N–H and O–H groups in total.